The zero-order chi connectivity index (χ0) is 25.1. The molecule has 0 radical (unpaired) electrons. The van der Waals surface area contributed by atoms with Gasteiger partial charge in [0, 0.05) is 50.9 Å². The molecule has 0 aromatic carbocycles. The number of hydrogen-bond donors (Lipinski definition) is 2. The van der Waals surface area contributed by atoms with E-state index in [0.717, 1.165) is 31.9 Å². The summed E-state index contributed by atoms with van der Waals surface area (Å²) >= 11 is 6.42. The summed E-state index contributed by atoms with van der Waals surface area (Å²) in [5, 5.41) is 6.24. The molecule has 2 aliphatic heterocycles. The van der Waals surface area contributed by atoms with Crippen LogP contribution >= 0.6 is 11.6 Å². The topological polar surface area (TPSA) is 103 Å². The number of halogens is 1. The summed E-state index contributed by atoms with van der Waals surface area (Å²) in [6, 6.07) is -0.195. The Morgan fingerprint density at radius 1 is 1.26 bits per heavy atom. The van der Waals surface area contributed by atoms with Gasteiger partial charge >= 0.3 is 0 Å². The average molecular weight is 502 g/mol. The molecule has 35 heavy (non-hydrogen) atoms. The maximum Gasteiger partial charge on any atom is 0.289 e. The van der Waals surface area contributed by atoms with Crippen LogP contribution in [0.5, 0.6) is 0 Å². The number of carbonyl (C=O) groups excluding carboxylic acids is 2. The van der Waals surface area contributed by atoms with Gasteiger partial charge in [0.25, 0.3) is 11.8 Å². The summed E-state index contributed by atoms with van der Waals surface area (Å²) in [5.74, 6) is 0.676. The van der Waals surface area contributed by atoms with Crippen LogP contribution in [0.4, 0.5) is 11.8 Å². The number of likely N-dealkylation sites (N-methyl/N-ethyl adjacent to an activating group) is 2. The van der Waals surface area contributed by atoms with Gasteiger partial charge in [-0.2, -0.15) is 4.98 Å². The van der Waals surface area contributed by atoms with E-state index < -0.39 is 0 Å². The maximum atomic E-state index is 13.0. The van der Waals surface area contributed by atoms with Crippen molar-refractivity contribution in [3.8, 4) is 0 Å². The first-order chi connectivity index (χ1) is 16.8. The van der Waals surface area contributed by atoms with Crippen molar-refractivity contribution in [1.29, 1.82) is 0 Å². The second-order valence-corrected chi connectivity index (χ2v) is 9.54. The third kappa shape index (κ3) is 5.59. The van der Waals surface area contributed by atoms with E-state index in [4.69, 9.17) is 16.3 Å². The molecule has 2 N–H and O–H groups in total. The van der Waals surface area contributed by atoms with Crippen molar-refractivity contribution >= 4 is 35.2 Å². The lowest BCUT2D eigenvalue weighted by atomic mass is 9.87. The SMILES string of the molecule is CNC(=O)COC1=CC2C=C(Nc3nc(N4CCN(C)CC4)ncc3Cl)C=CC2N(C(C)C)C1=O. The lowest BCUT2D eigenvalue weighted by Gasteiger charge is -2.41. The number of hydrogen-bond acceptors (Lipinski definition) is 8. The first-order valence-electron chi connectivity index (χ1n) is 11.8. The van der Waals surface area contributed by atoms with Crippen LogP contribution in [-0.4, -0.2) is 90.5 Å². The highest BCUT2D eigenvalue weighted by Gasteiger charge is 2.38. The molecule has 2 unspecified atom stereocenters. The highest BCUT2D eigenvalue weighted by Crippen LogP contribution is 2.33. The summed E-state index contributed by atoms with van der Waals surface area (Å²) in [7, 11) is 3.63. The smallest absolute Gasteiger partial charge is 0.289 e. The van der Waals surface area contributed by atoms with Gasteiger partial charge in [-0.3, -0.25) is 9.59 Å². The van der Waals surface area contributed by atoms with Crippen LogP contribution in [0.3, 0.4) is 0 Å². The minimum absolute atomic E-state index is 0.0442. The highest BCUT2D eigenvalue weighted by atomic mass is 35.5. The van der Waals surface area contributed by atoms with Crippen LogP contribution in [0.25, 0.3) is 0 Å². The Morgan fingerprint density at radius 3 is 2.69 bits per heavy atom. The predicted octanol–water partition coefficient (Wildman–Crippen LogP) is 1.63. The molecule has 188 valence electrons. The van der Waals surface area contributed by atoms with Gasteiger partial charge in [0.15, 0.2) is 18.2 Å². The minimum Gasteiger partial charge on any atom is -0.478 e. The summed E-state index contributed by atoms with van der Waals surface area (Å²) < 4.78 is 5.57. The van der Waals surface area contributed by atoms with Crippen LogP contribution in [0, 0.1) is 5.92 Å². The predicted molar refractivity (Wildman–Crippen MR) is 135 cm³/mol. The normalized spacial score (nSPS) is 22.5. The Balaban J connectivity index is 1.55. The van der Waals surface area contributed by atoms with Crippen molar-refractivity contribution in [2.24, 2.45) is 5.92 Å². The molecule has 3 heterocycles. The van der Waals surface area contributed by atoms with Gasteiger partial charge in [-0.15, -0.1) is 0 Å². The maximum absolute atomic E-state index is 13.0. The Hall–Kier alpha value is -3.11. The average Bonchev–Trinajstić information content (AvgIpc) is 2.84. The van der Waals surface area contributed by atoms with Gasteiger partial charge in [0.05, 0.1) is 12.2 Å². The van der Waals surface area contributed by atoms with Gasteiger partial charge in [-0.05, 0) is 33.0 Å². The number of ether oxygens (including phenoxy) is 1. The van der Waals surface area contributed by atoms with Gasteiger partial charge in [-0.1, -0.05) is 23.8 Å². The first kappa shape index (κ1) is 25.0. The van der Waals surface area contributed by atoms with Crippen molar-refractivity contribution in [1.82, 2.24) is 25.1 Å². The number of carbonyl (C=O) groups is 2. The minimum atomic E-state index is -0.298. The molecule has 1 fully saturated rings. The number of piperazine rings is 1. The van der Waals surface area contributed by atoms with E-state index in [-0.39, 0.29) is 42.2 Å². The molecule has 1 saturated heterocycles. The fourth-order valence-corrected chi connectivity index (χ4v) is 4.49. The molecular formula is C24H32ClN7O3. The van der Waals surface area contributed by atoms with Crippen LogP contribution < -0.4 is 15.5 Å². The molecule has 11 heteroatoms. The van der Waals surface area contributed by atoms with Crippen LogP contribution in [0.2, 0.25) is 5.02 Å². The van der Waals surface area contributed by atoms with Gasteiger partial charge in [0.1, 0.15) is 5.02 Å². The highest BCUT2D eigenvalue weighted by molar-refractivity contribution is 6.32. The Kier molecular flexibility index (Phi) is 7.61. The van der Waals surface area contributed by atoms with Gasteiger partial charge in [-0.25, -0.2) is 4.98 Å². The first-order valence-corrected chi connectivity index (χ1v) is 12.2. The monoisotopic (exact) mass is 501 g/mol. The second-order valence-electron chi connectivity index (χ2n) is 9.13. The van der Waals surface area contributed by atoms with E-state index in [0.29, 0.717) is 16.8 Å². The lowest BCUT2D eigenvalue weighted by molar-refractivity contribution is -0.137. The van der Waals surface area contributed by atoms with Crippen molar-refractivity contribution in [2.75, 3.05) is 57.1 Å². The van der Waals surface area contributed by atoms with Gasteiger partial charge < -0.3 is 30.1 Å². The summed E-state index contributed by atoms with van der Waals surface area (Å²) in [6.07, 6.45) is 9.33. The van der Waals surface area contributed by atoms with Crippen molar-refractivity contribution in [2.45, 2.75) is 25.9 Å². The number of anilines is 2. The lowest BCUT2D eigenvalue weighted by Crippen LogP contribution is -2.51. The van der Waals surface area contributed by atoms with E-state index in [1.165, 1.54) is 7.05 Å². The van der Waals surface area contributed by atoms with Crippen molar-refractivity contribution in [3.05, 3.63) is 47.0 Å². The van der Waals surface area contributed by atoms with E-state index in [2.05, 4.69) is 37.4 Å². The Bertz CT molecular complexity index is 1060. The van der Waals surface area contributed by atoms with E-state index >= 15 is 0 Å². The summed E-state index contributed by atoms with van der Waals surface area (Å²) in [4.78, 5) is 40.0. The molecule has 2 amide bonds. The second kappa shape index (κ2) is 10.7. The molecule has 1 aromatic rings. The third-order valence-electron chi connectivity index (χ3n) is 6.32. The quantitative estimate of drug-likeness (QED) is 0.581. The molecule has 1 aromatic heterocycles. The standard InChI is InChI=1S/C24H32ClN7O3/c1-15(2)32-19-6-5-17(11-16(19)12-20(23(32)34)35-14-21(33)26-3)28-22-18(25)13-27-24(29-22)31-9-7-30(4)8-10-31/h5-6,11-13,15-16,19H,7-10,14H2,1-4H3,(H,26,33)(H,27,28,29). The molecule has 0 bridgehead atoms. The van der Waals surface area contributed by atoms with Crippen LogP contribution in [0.15, 0.2) is 42.0 Å². The number of aromatic nitrogens is 2. The largest absolute Gasteiger partial charge is 0.478 e. The fraction of sp³-hybridized carbons (Fsp3) is 0.500. The number of amides is 2. The van der Waals surface area contributed by atoms with E-state index in [1.807, 2.05) is 32.1 Å². The molecule has 10 nitrogen and oxygen atoms in total. The van der Waals surface area contributed by atoms with E-state index in [1.54, 1.807) is 17.2 Å². The summed E-state index contributed by atoms with van der Waals surface area (Å²) in [6.45, 7) is 7.32. The number of nitrogens with zero attached hydrogens (tertiary/aromatic N) is 5. The third-order valence-corrected chi connectivity index (χ3v) is 6.60. The van der Waals surface area contributed by atoms with Crippen LogP contribution in [-0.2, 0) is 14.3 Å². The zero-order valence-corrected chi connectivity index (χ0v) is 21.2. The fourth-order valence-electron chi connectivity index (χ4n) is 4.35. The number of allylic oxidation sites excluding steroid dienone is 1. The Morgan fingerprint density at radius 2 is 2.00 bits per heavy atom. The summed E-state index contributed by atoms with van der Waals surface area (Å²) in [5.41, 5.74) is 0.802. The number of fused-ring (bicyclic) bond motifs is 1. The molecule has 0 spiro atoms. The molecule has 2 atom stereocenters. The van der Waals surface area contributed by atoms with Gasteiger partial charge in [0.2, 0.25) is 5.95 Å². The number of rotatable bonds is 7. The molecular weight excluding hydrogens is 470 g/mol. The zero-order valence-electron chi connectivity index (χ0n) is 20.5. The van der Waals surface area contributed by atoms with E-state index in [9.17, 15) is 9.59 Å². The number of nitrogens with one attached hydrogen (secondary N) is 2. The Labute approximate surface area is 210 Å². The van der Waals surface area contributed by atoms with Crippen molar-refractivity contribution < 1.29 is 14.3 Å². The van der Waals surface area contributed by atoms with Crippen molar-refractivity contribution in [3.63, 3.8) is 0 Å². The molecule has 3 aliphatic rings. The molecule has 4 rings (SSSR count). The van der Waals surface area contributed by atoms with Crippen LogP contribution in [0.1, 0.15) is 13.8 Å². The molecule has 0 saturated carbocycles. The molecule has 1 aliphatic carbocycles.